The molecule has 0 aliphatic heterocycles. The van der Waals surface area contributed by atoms with Crippen molar-refractivity contribution >= 4 is 17.4 Å². The summed E-state index contributed by atoms with van der Waals surface area (Å²) in [4.78, 5) is 13.9. The zero-order chi connectivity index (χ0) is 21.3. The summed E-state index contributed by atoms with van der Waals surface area (Å²) in [5, 5.41) is 14.8. The average molecular weight is 415 g/mol. The van der Waals surface area contributed by atoms with Crippen molar-refractivity contribution in [1.29, 1.82) is 0 Å². The number of amides is 2. The smallest absolute Gasteiger partial charge is 0.320 e. The van der Waals surface area contributed by atoms with E-state index in [-0.39, 0.29) is 12.2 Å². The van der Waals surface area contributed by atoms with Crippen LogP contribution in [0.2, 0.25) is 0 Å². The summed E-state index contributed by atoms with van der Waals surface area (Å²) in [5.74, 6) is 0.586. The lowest BCUT2D eigenvalue weighted by Gasteiger charge is -2.16. The van der Waals surface area contributed by atoms with Gasteiger partial charge in [-0.25, -0.2) is 9.48 Å². The highest BCUT2D eigenvalue weighted by Gasteiger charge is 2.30. The SMILES string of the molecule is CN(Cc1nnc2ccccn12)C(=O)Nc1cnn(-c2cccc(C(F)(F)F)c2)c1. The standard InChI is InChI=1S/C19H16F3N7O/c1-27(12-17-26-25-16-7-2-3-8-28(16)17)18(30)24-14-10-23-29(11-14)15-6-4-5-13(9-15)19(20,21)22/h2-11H,12H2,1H3,(H,24,30). The number of benzene rings is 1. The summed E-state index contributed by atoms with van der Waals surface area (Å²) in [7, 11) is 1.59. The minimum Gasteiger partial charge on any atom is -0.320 e. The number of rotatable bonds is 4. The van der Waals surface area contributed by atoms with E-state index in [1.807, 2.05) is 12.1 Å². The number of nitrogens with one attached hydrogen (secondary N) is 1. The Morgan fingerprint density at radius 2 is 2.00 bits per heavy atom. The summed E-state index contributed by atoms with van der Waals surface area (Å²) in [6.07, 6.45) is 0.149. The van der Waals surface area contributed by atoms with Crippen LogP contribution in [-0.2, 0) is 12.7 Å². The maximum absolute atomic E-state index is 12.9. The first-order valence-corrected chi connectivity index (χ1v) is 8.84. The molecule has 1 aromatic carbocycles. The quantitative estimate of drug-likeness (QED) is 0.552. The van der Waals surface area contributed by atoms with Gasteiger partial charge in [-0.1, -0.05) is 12.1 Å². The first kappa shape index (κ1) is 19.4. The van der Waals surface area contributed by atoms with Crippen LogP contribution in [0.4, 0.5) is 23.7 Å². The Kier molecular flexibility index (Phi) is 4.86. The molecule has 154 valence electrons. The van der Waals surface area contributed by atoms with Gasteiger partial charge in [-0.3, -0.25) is 4.40 Å². The predicted octanol–water partition coefficient (Wildman–Crippen LogP) is 3.60. The molecule has 0 unspecified atom stereocenters. The van der Waals surface area contributed by atoms with Gasteiger partial charge in [0.05, 0.1) is 35.9 Å². The Hall–Kier alpha value is -3.89. The highest BCUT2D eigenvalue weighted by atomic mass is 19.4. The molecule has 2 amide bonds. The molecule has 1 N–H and O–H groups in total. The van der Waals surface area contributed by atoms with Gasteiger partial charge in [-0.05, 0) is 30.3 Å². The van der Waals surface area contributed by atoms with Crippen molar-refractivity contribution in [2.75, 3.05) is 12.4 Å². The molecule has 0 atom stereocenters. The fraction of sp³-hybridized carbons (Fsp3) is 0.158. The Bertz CT molecular complexity index is 1200. The van der Waals surface area contributed by atoms with Gasteiger partial charge in [0.25, 0.3) is 0 Å². The molecule has 4 rings (SSSR count). The number of alkyl halides is 3. The molecule has 4 aromatic rings. The summed E-state index contributed by atoms with van der Waals surface area (Å²) in [6, 6.07) is 9.82. The number of carbonyl (C=O) groups is 1. The van der Waals surface area contributed by atoms with Crippen molar-refractivity contribution < 1.29 is 18.0 Å². The van der Waals surface area contributed by atoms with Crippen molar-refractivity contribution in [3.63, 3.8) is 0 Å². The largest absolute Gasteiger partial charge is 0.416 e. The number of pyridine rings is 1. The summed E-state index contributed by atoms with van der Waals surface area (Å²) in [6.45, 7) is 0.207. The van der Waals surface area contributed by atoms with Crippen LogP contribution in [-0.4, -0.2) is 42.4 Å². The molecule has 0 radical (unpaired) electrons. The summed E-state index contributed by atoms with van der Waals surface area (Å²) < 4.78 is 41.7. The predicted molar refractivity (Wildman–Crippen MR) is 102 cm³/mol. The van der Waals surface area contributed by atoms with Gasteiger partial charge in [0, 0.05) is 13.2 Å². The van der Waals surface area contributed by atoms with Crippen LogP contribution in [0.5, 0.6) is 0 Å². The number of halogens is 3. The first-order valence-electron chi connectivity index (χ1n) is 8.84. The van der Waals surface area contributed by atoms with Gasteiger partial charge in [0.15, 0.2) is 11.5 Å². The maximum Gasteiger partial charge on any atom is 0.416 e. The Morgan fingerprint density at radius 3 is 2.80 bits per heavy atom. The molecule has 3 aromatic heterocycles. The van der Waals surface area contributed by atoms with E-state index in [9.17, 15) is 18.0 Å². The number of fused-ring (bicyclic) bond motifs is 1. The zero-order valence-electron chi connectivity index (χ0n) is 15.7. The van der Waals surface area contributed by atoms with Gasteiger partial charge in [-0.2, -0.15) is 18.3 Å². The molecule has 0 bridgehead atoms. The van der Waals surface area contributed by atoms with Gasteiger partial charge in [0.1, 0.15) is 0 Å². The van der Waals surface area contributed by atoms with Crippen molar-refractivity contribution in [3.05, 3.63) is 72.4 Å². The molecule has 3 heterocycles. The van der Waals surface area contributed by atoms with E-state index in [2.05, 4.69) is 20.6 Å². The Morgan fingerprint density at radius 1 is 1.17 bits per heavy atom. The second-order valence-electron chi connectivity index (χ2n) is 6.55. The Labute approximate surface area is 168 Å². The third-order valence-electron chi connectivity index (χ3n) is 4.38. The molecule has 11 heteroatoms. The minimum atomic E-state index is -4.45. The van der Waals surface area contributed by atoms with Crippen LogP contribution in [0.25, 0.3) is 11.3 Å². The van der Waals surface area contributed by atoms with Crippen molar-refractivity contribution in [2.24, 2.45) is 0 Å². The second kappa shape index (κ2) is 7.50. The third-order valence-corrected chi connectivity index (χ3v) is 4.38. The maximum atomic E-state index is 12.9. The van der Waals surface area contributed by atoms with E-state index in [1.54, 1.807) is 23.7 Å². The number of hydrogen-bond acceptors (Lipinski definition) is 4. The van der Waals surface area contributed by atoms with Crippen molar-refractivity contribution in [1.82, 2.24) is 29.3 Å². The molecule has 0 aliphatic rings. The number of aromatic nitrogens is 5. The number of carbonyl (C=O) groups excluding carboxylic acids is 1. The van der Waals surface area contributed by atoms with Crippen LogP contribution in [0.3, 0.4) is 0 Å². The normalized spacial score (nSPS) is 11.6. The first-order chi connectivity index (χ1) is 14.3. The van der Waals surface area contributed by atoms with Crippen LogP contribution >= 0.6 is 0 Å². The molecule has 0 saturated heterocycles. The number of urea groups is 1. The highest BCUT2D eigenvalue weighted by molar-refractivity contribution is 5.88. The number of anilines is 1. The highest BCUT2D eigenvalue weighted by Crippen LogP contribution is 2.30. The van der Waals surface area contributed by atoms with Crippen LogP contribution in [0.1, 0.15) is 11.4 Å². The molecule has 30 heavy (non-hydrogen) atoms. The van der Waals surface area contributed by atoms with Crippen molar-refractivity contribution in [2.45, 2.75) is 12.7 Å². The lowest BCUT2D eigenvalue weighted by Crippen LogP contribution is -2.31. The van der Waals surface area contributed by atoms with Gasteiger partial charge < -0.3 is 10.2 Å². The van der Waals surface area contributed by atoms with Gasteiger partial charge in [-0.15, -0.1) is 10.2 Å². The second-order valence-corrected chi connectivity index (χ2v) is 6.55. The zero-order valence-corrected chi connectivity index (χ0v) is 15.7. The van der Waals surface area contributed by atoms with Gasteiger partial charge in [0.2, 0.25) is 0 Å². The van der Waals surface area contributed by atoms with E-state index in [1.165, 1.54) is 34.1 Å². The lowest BCUT2D eigenvalue weighted by molar-refractivity contribution is -0.137. The van der Waals surface area contributed by atoms with Crippen LogP contribution < -0.4 is 5.32 Å². The third kappa shape index (κ3) is 3.95. The Balaban J connectivity index is 1.45. The number of nitrogens with zero attached hydrogens (tertiary/aromatic N) is 6. The van der Waals surface area contributed by atoms with E-state index in [4.69, 9.17) is 0 Å². The molecule has 0 fully saturated rings. The fourth-order valence-electron chi connectivity index (χ4n) is 2.85. The molecule has 0 spiro atoms. The van der Waals surface area contributed by atoms with E-state index in [0.717, 1.165) is 12.1 Å². The van der Waals surface area contributed by atoms with E-state index in [0.29, 0.717) is 17.2 Å². The van der Waals surface area contributed by atoms with Crippen LogP contribution in [0.15, 0.2) is 61.1 Å². The molecular weight excluding hydrogens is 399 g/mol. The van der Waals surface area contributed by atoms with Crippen LogP contribution in [0, 0.1) is 0 Å². The summed E-state index contributed by atoms with van der Waals surface area (Å²) >= 11 is 0. The minimum absolute atomic E-state index is 0.207. The van der Waals surface area contributed by atoms with E-state index >= 15 is 0 Å². The van der Waals surface area contributed by atoms with Gasteiger partial charge >= 0.3 is 12.2 Å². The van der Waals surface area contributed by atoms with E-state index < -0.39 is 17.8 Å². The fourth-order valence-corrected chi connectivity index (χ4v) is 2.85. The molecule has 0 saturated carbocycles. The molecule has 8 nitrogen and oxygen atoms in total. The lowest BCUT2D eigenvalue weighted by atomic mass is 10.2. The number of hydrogen-bond donors (Lipinski definition) is 1. The molecular formula is C19H16F3N7O. The topological polar surface area (TPSA) is 80.4 Å². The summed E-state index contributed by atoms with van der Waals surface area (Å²) in [5.41, 5.74) is 0.467. The average Bonchev–Trinajstić information content (AvgIpc) is 3.35. The van der Waals surface area contributed by atoms with Crippen molar-refractivity contribution in [3.8, 4) is 5.69 Å². The monoisotopic (exact) mass is 415 g/mol. The molecule has 0 aliphatic carbocycles.